The summed E-state index contributed by atoms with van der Waals surface area (Å²) in [5.41, 5.74) is 0. The van der Waals surface area contributed by atoms with Crippen LogP contribution in [0.5, 0.6) is 0 Å². The van der Waals surface area contributed by atoms with Crippen molar-refractivity contribution in [2.24, 2.45) is 0 Å². The number of hydrogen-bond acceptors (Lipinski definition) is 6. The molecule has 3 saturated heterocycles. The maximum atomic E-state index is 13.0. The van der Waals surface area contributed by atoms with Gasteiger partial charge in [-0.1, -0.05) is 0 Å². The average Bonchev–Trinajstić information content (AvgIpc) is 3.40. The zero-order valence-electron chi connectivity index (χ0n) is 18.2. The van der Waals surface area contributed by atoms with Crippen LogP contribution in [-0.4, -0.2) is 91.0 Å². The molecule has 0 aromatic carbocycles. The van der Waals surface area contributed by atoms with Gasteiger partial charge in [0.2, 0.25) is 11.8 Å². The van der Waals surface area contributed by atoms with Crippen molar-refractivity contribution in [2.75, 3.05) is 40.3 Å². The maximum Gasteiger partial charge on any atom is 0.239 e. The minimum atomic E-state index is -0.0683. The standard InChI is InChI=1S/C22H35N5O3/c1-25-10-7-16(8-11-25)27-12-9-19-21(27)22(29)24-14-17(26(19)2)5-6-20(28)23-15-18-4-3-13-30-18/h3-4,13,16-17,19,21H,5-12,14-15H2,1-2H3,(H,23,28)(H,24,29)/t17-,19+,21-/m0/s1. The van der Waals surface area contributed by atoms with Crippen LogP contribution in [0.2, 0.25) is 0 Å². The molecule has 0 unspecified atom stereocenters. The minimum Gasteiger partial charge on any atom is -0.467 e. The lowest BCUT2D eigenvalue weighted by Gasteiger charge is -2.39. The number of nitrogens with one attached hydrogen (secondary N) is 2. The molecular weight excluding hydrogens is 382 g/mol. The number of hydrogen-bond donors (Lipinski definition) is 2. The van der Waals surface area contributed by atoms with Crippen LogP contribution in [0.3, 0.4) is 0 Å². The Balaban J connectivity index is 1.32. The largest absolute Gasteiger partial charge is 0.467 e. The topological polar surface area (TPSA) is 81.1 Å². The van der Waals surface area contributed by atoms with Gasteiger partial charge in [0.1, 0.15) is 11.8 Å². The van der Waals surface area contributed by atoms with Gasteiger partial charge < -0.3 is 20.0 Å². The predicted octanol–water partition coefficient (Wildman–Crippen LogP) is 0.643. The van der Waals surface area contributed by atoms with Gasteiger partial charge in [0.15, 0.2) is 0 Å². The van der Waals surface area contributed by atoms with Gasteiger partial charge in [-0.15, -0.1) is 0 Å². The number of fused-ring (bicyclic) bond motifs is 1. The highest BCUT2D eigenvalue weighted by atomic mass is 16.3. The zero-order valence-corrected chi connectivity index (χ0v) is 18.2. The van der Waals surface area contributed by atoms with Crippen LogP contribution in [0.1, 0.15) is 37.9 Å². The average molecular weight is 418 g/mol. The van der Waals surface area contributed by atoms with Crippen molar-refractivity contribution in [2.45, 2.75) is 62.8 Å². The fourth-order valence-electron chi connectivity index (χ4n) is 5.32. The number of furan rings is 1. The molecule has 1 aromatic rings. The van der Waals surface area contributed by atoms with Crippen molar-refractivity contribution >= 4 is 11.8 Å². The third kappa shape index (κ3) is 4.71. The third-order valence-electron chi connectivity index (χ3n) is 7.19. The van der Waals surface area contributed by atoms with E-state index in [9.17, 15) is 9.59 Å². The normalized spacial score (nSPS) is 29.4. The Kier molecular flexibility index (Phi) is 6.75. The highest BCUT2D eigenvalue weighted by Crippen LogP contribution is 2.31. The molecule has 8 nitrogen and oxygen atoms in total. The first kappa shape index (κ1) is 21.3. The van der Waals surface area contributed by atoms with Gasteiger partial charge in [0.25, 0.3) is 0 Å². The quantitative estimate of drug-likeness (QED) is 0.707. The first-order chi connectivity index (χ1) is 14.5. The Bertz CT molecular complexity index is 716. The first-order valence-electron chi connectivity index (χ1n) is 11.3. The second-order valence-corrected chi connectivity index (χ2v) is 9.03. The van der Waals surface area contributed by atoms with Crippen LogP contribution >= 0.6 is 0 Å². The molecule has 3 aliphatic rings. The molecule has 1 aromatic heterocycles. The molecule has 0 bridgehead atoms. The van der Waals surface area contributed by atoms with E-state index in [1.54, 1.807) is 6.26 Å². The lowest BCUT2D eigenvalue weighted by Crippen LogP contribution is -2.54. The lowest BCUT2D eigenvalue weighted by atomic mass is 10.0. The van der Waals surface area contributed by atoms with Crippen molar-refractivity contribution in [1.29, 1.82) is 0 Å². The number of nitrogens with zero attached hydrogens (tertiary/aromatic N) is 3. The fraction of sp³-hybridized carbons (Fsp3) is 0.727. The SMILES string of the molecule is CN1CCC(N2CC[C@@H]3[C@H]2C(=O)NC[C@H](CCC(=O)NCc2ccco2)N3C)CC1. The van der Waals surface area contributed by atoms with Crippen LogP contribution in [0.15, 0.2) is 22.8 Å². The van der Waals surface area contributed by atoms with Gasteiger partial charge in [0, 0.05) is 37.6 Å². The molecule has 30 heavy (non-hydrogen) atoms. The van der Waals surface area contributed by atoms with E-state index < -0.39 is 0 Å². The van der Waals surface area contributed by atoms with Gasteiger partial charge in [-0.3, -0.25) is 19.4 Å². The molecule has 0 aliphatic carbocycles. The number of likely N-dealkylation sites (tertiary alicyclic amines) is 2. The predicted molar refractivity (Wildman–Crippen MR) is 114 cm³/mol. The summed E-state index contributed by atoms with van der Waals surface area (Å²) < 4.78 is 5.26. The van der Waals surface area contributed by atoms with Crippen LogP contribution < -0.4 is 10.6 Å². The van der Waals surface area contributed by atoms with E-state index in [0.29, 0.717) is 25.6 Å². The number of carbonyl (C=O) groups excluding carboxylic acids is 2. The molecule has 0 saturated carbocycles. The Morgan fingerprint density at radius 3 is 2.77 bits per heavy atom. The van der Waals surface area contributed by atoms with Gasteiger partial charge in [-0.2, -0.15) is 0 Å². The Morgan fingerprint density at radius 2 is 2.03 bits per heavy atom. The van der Waals surface area contributed by atoms with Gasteiger partial charge in [0.05, 0.1) is 12.8 Å². The second kappa shape index (κ2) is 9.49. The van der Waals surface area contributed by atoms with E-state index in [2.05, 4.69) is 39.4 Å². The fourth-order valence-corrected chi connectivity index (χ4v) is 5.32. The Labute approximate surface area is 178 Å². The zero-order chi connectivity index (χ0) is 21.1. The Morgan fingerprint density at radius 1 is 1.23 bits per heavy atom. The first-order valence-corrected chi connectivity index (χ1v) is 11.3. The molecule has 0 spiro atoms. The van der Waals surface area contributed by atoms with Crippen LogP contribution in [0.4, 0.5) is 0 Å². The van der Waals surface area contributed by atoms with Crippen LogP contribution in [-0.2, 0) is 16.1 Å². The van der Waals surface area contributed by atoms with Gasteiger partial charge in [-0.25, -0.2) is 0 Å². The Hall–Kier alpha value is -1.90. The van der Waals surface area contributed by atoms with Crippen molar-refractivity contribution in [1.82, 2.24) is 25.3 Å². The molecule has 3 fully saturated rings. The molecule has 3 aliphatic heterocycles. The molecule has 2 amide bonds. The van der Waals surface area contributed by atoms with E-state index >= 15 is 0 Å². The molecule has 2 N–H and O–H groups in total. The number of likely N-dealkylation sites (N-methyl/N-ethyl adjacent to an activating group) is 1. The van der Waals surface area contributed by atoms with E-state index in [1.165, 1.54) is 0 Å². The minimum absolute atomic E-state index is 0.0197. The van der Waals surface area contributed by atoms with Crippen molar-refractivity contribution in [3.8, 4) is 0 Å². The van der Waals surface area contributed by atoms with Crippen molar-refractivity contribution in [3.05, 3.63) is 24.2 Å². The van der Waals surface area contributed by atoms with Gasteiger partial charge in [-0.05, 0) is 65.0 Å². The molecule has 8 heteroatoms. The van der Waals surface area contributed by atoms with Crippen LogP contribution in [0, 0.1) is 0 Å². The maximum absolute atomic E-state index is 13.0. The van der Waals surface area contributed by atoms with Gasteiger partial charge >= 0.3 is 0 Å². The monoisotopic (exact) mass is 417 g/mol. The summed E-state index contributed by atoms with van der Waals surface area (Å²) in [5, 5.41) is 6.09. The number of piperidine rings is 1. The molecular formula is C22H35N5O3. The van der Waals surface area contributed by atoms with E-state index in [4.69, 9.17) is 4.42 Å². The number of amides is 2. The number of carbonyl (C=O) groups is 2. The van der Waals surface area contributed by atoms with E-state index in [1.807, 2.05) is 12.1 Å². The third-order valence-corrected chi connectivity index (χ3v) is 7.19. The molecule has 166 valence electrons. The summed E-state index contributed by atoms with van der Waals surface area (Å²) in [5.74, 6) is 0.935. The number of rotatable bonds is 6. The van der Waals surface area contributed by atoms with Crippen molar-refractivity contribution < 1.29 is 14.0 Å². The molecule has 4 rings (SSSR count). The van der Waals surface area contributed by atoms with Crippen molar-refractivity contribution in [3.63, 3.8) is 0 Å². The van der Waals surface area contributed by atoms with E-state index in [0.717, 1.165) is 51.1 Å². The lowest BCUT2D eigenvalue weighted by molar-refractivity contribution is -0.127. The van der Waals surface area contributed by atoms with E-state index in [-0.39, 0.29) is 29.9 Å². The highest BCUT2D eigenvalue weighted by Gasteiger charge is 2.47. The summed E-state index contributed by atoms with van der Waals surface area (Å²) in [6.07, 6.45) is 6.07. The van der Waals surface area contributed by atoms with Crippen LogP contribution in [0.25, 0.3) is 0 Å². The smallest absolute Gasteiger partial charge is 0.239 e. The summed E-state index contributed by atoms with van der Waals surface area (Å²) in [4.78, 5) is 32.5. The summed E-state index contributed by atoms with van der Waals surface area (Å²) in [6, 6.07) is 4.50. The summed E-state index contributed by atoms with van der Waals surface area (Å²) >= 11 is 0. The molecule has 4 heterocycles. The molecule has 3 atom stereocenters. The molecule has 0 radical (unpaired) electrons. The highest BCUT2D eigenvalue weighted by molar-refractivity contribution is 5.83. The summed E-state index contributed by atoms with van der Waals surface area (Å²) in [7, 11) is 4.30. The second-order valence-electron chi connectivity index (χ2n) is 9.03. The summed E-state index contributed by atoms with van der Waals surface area (Å²) in [6.45, 7) is 4.21.